The number of hydrogen-bond donors (Lipinski definition) is 1. The standard InChI is InChI=1S/C17H28N2O/c1-5-10-18-11-15-8-6-7-9-16(15)19-12-14(2)20-17(3,4)13-19/h6-9,14,18H,5,10-13H2,1-4H3. The lowest BCUT2D eigenvalue weighted by Gasteiger charge is -2.43. The van der Waals surface area contributed by atoms with Crippen molar-refractivity contribution in [2.75, 3.05) is 24.5 Å². The molecular formula is C17H28N2O. The number of morpholine rings is 1. The number of para-hydroxylation sites is 1. The van der Waals surface area contributed by atoms with Gasteiger partial charge in [-0.05, 0) is 45.4 Å². The van der Waals surface area contributed by atoms with Crippen LogP contribution in [0.3, 0.4) is 0 Å². The topological polar surface area (TPSA) is 24.5 Å². The first-order chi connectivity index (χ1) is 9.52. The minimum Gasteiger partial charge on any atom is -0.369 e. The molecule has 1 aliphatic rings. The molecule has 0 bridgehead atoms. The molecule has 3 nitrogen and oxygen atoms in total. The van der Waals surface area contributed by atoms with Crippen molar-refractivity contribution in [2.24, 2.45) is 0 Å². The van der Waals surface area contributed by atoms with Crippen molar-refractivity contribution in [2.45, 2.75) is 52.4 Å². The summed E-state index contributed by atoms with van der Waals surface area (Å²) in [5.41, 5.74) is 2.65. The minimum absolute atomic E-state index is 0.0817. The Balaban J connectivity index is 2.14. The van der Waals surface area contributed by atoms with Crippen LogP contribution in [0.1, 0.15) is 39.7 Å². The molecule has 0 aliphatic carbocycles. The van der Waals surface area contributed by atoms with Crippen LogP contribution in [0.5, 0.6) is 0 Å². The summed E-state index contributed by atoms with van der Waals surface area (Å²) in [4.78, 5) is 2.47. The molecule has 1 fully saturated rings. The van der Waals surface area contributed by atoms with Gasteiger partial charge in [0.2, 0.25) is 0 Å². The number of benzene rings is 1. The number of rotatable bonds is 5. The van der Waals surface area contributed by atoms with E-state index >= 15 is 0 Å². The lowest BCUT2D eigenvalue weighted by atomic mass is 10.0. The van der Waals surface area contributed by atoms with Crippen molar-refractivity contribution >= 4 is 5.69 Å². The van der Waals surface area contributed by atoms with Gasteiger partial charge >= 0.3 is 0 Å². The zero-order valence-electron chi connectivity index (χ0n) is 13.3. The Labute approximate surface area is 123 Å². The lowest BCUT2D eigenvalue weighted by Crippen LogP contribution is -2.52. The Morgan fingerprint density at radius 1 is 1.35 bits per heavy atom. The van der Waals surface area contributed by atoms with Gasteiger partial charge in [-0.25, -0.2) is 0 Å². The Morgan fingerprint density at radius 2 is 2.10 bits per heavy atom. The molecule has 1 unspecified atom stereocenters. The maximum Gasteiger partial charge on any atom is 0.0805 e. The first-order valence-corrected chi connectivity index (χ1v) is 7.73. The van der Waals surface area contributed by atoms with Gasteiger partial charge in [0.1, 0.15) is 0 Å². The fourth-order valence-electron chi connectivity index (χ4n) is 3.01. The highest BCUT2D eigenvalue weighted by Crippen LogP contribution is 2.28. The van der Waals surface area contributed by atoms with Gasteiger partial charge in [-0.1, -0.05) is 25.1 Å². The molecular weight excluding hydrogens is 248 g/mol. The van der Waals surface area contributed by atoms with Crippen molar-refractivity contribution in [3.8, 4) is 0 Å². The van der Waals surface area contributed by atoms with Gasteiger partial charge in [0, 0.05) is 25.3 Å². The Kier molecular flexibility index (Phi) is 5.06. The van der Waals surface area contributed by atoms with Crippen LogP contribution < -0.4 is 10.2 Å². The molecule has 20 heavy (non-hydrogen) atoms. The summed E-state index contributed by atoms with van der Waals surface area (Å²) >= 11 is 0. The van der Waals surface area contributed by atoms with Crippen molar-refractivity contribution in [1.82, 2.24) is 5.32 Å². The third-order valence-electron chi connectivity index (χ3n) is 3.64. The van der Waals surface area contributed by atoms with Gasteiger partial charge in [-0.3, -0.25) is 0 Å². The second-order valence-electron chi connectivity index (χ2n) is 6.37. The van der Waals surface area contributed by atoms with Crippen LogP contribution in [0, 0.1) is 0 Å². The molecule has 0 aromatic heterocycles. The first kappa shape index (κ1) is 15.3. The molecule has 0 amide bonds. The number of nitrogens with one attached hydrogen (secondary N) is 1. The van der Waals surface area contributed by atoms with Gasteiger partial charge in [0.15, 0.2) is 0 Å². The number of anilines is 1. The van der Waals surface area contributed by atoms with Crippen molar-refractivity contribution in [3.05, 3.63) is 29.8 Å². The second kappa shape index (κ2) is 6.59. The van der Waals surface area contributed by atoms with E-state index in [0.717, 1.165) is 26.2 Å². The average Bonchev–Trinajstić information content (AvgIpc) is 2.37. The number of ether oxygens (including phenoxy) is 1. The molecule has 1 N–H and O–H groups in total. The van der Waals surface area contributed by atoms with Crippen molar-refractivity contribution < 1.29 is 4.74 Å². The molecule has 1 aromatic carbocycles. The fourth-order valence-corrected chi connectivity index (χ4v) is 3.01. The summed E-state index contributed by atoms with van der Waals surface area (Å²) in [6.07, 6.45) is 1.44. The minimum atomic E-state index is -0.0817. The van der Waals surface area contributed by atoms with E-state index in [1.165, 1.54) is 17.7 Å². The van der Waals surface area contributed by atoms with Crippen LogP contribution in [0.25, 0.3) is 0 Å². The van der Waals surface area contributed by atoms with E-state index in [0.29, 0.717) is 0 Å². The fraction of sp³-hybridized carbons (Fsp3) is 0.647. The number of nitrogens with zero attached hydrogens (tertiary/aromatic N) is 1. The Hall–Kier alpha value is -1.06. The summed E-state index contributed by atoms with van der Waals surface area (Å²) in [7, 11) is 0. The van der Waals surface area contributed by atoms with Crippen LogP contribution in [-0.2, 0) is 11.3 Å². The average molecular weight is 276 g/mol. The second-order valence-corrected chi connectivity index (χ2v) is 6.37. The van der Waals surface area contributed by atoms with Crippen molar-refractivity contribution in [3.63, 3.8) is 0 Å². The summed E-state index contributed by atoms with van der Waals surface area (Å²) < 4.78 is 6.01. The largest absolute Gasteiger partial charge is 0.369 e. The van der Waals surface area contributed by atoms with E-state index in [1.807, 2.05) is 0 Å². The molecule has 0 saturated carbocycles. The molecule has 1 aromatic rings. The van der Waals surface area contributed by atoms with E-state index < -0.39 is 0 Å². The molecule has 112 valence electrons. The molecule has 1 aliphatic heterocycles. The normalized spacial score (nSPS) is 22.0. The van der Waals surface area contributed by atoms with Crippen LogP contribution in [0.15, 0.2) is 24.3 Å². The Bertz CT molecular complexity index is 431. The highest BCUT2D eigenvalue weighted by Gasteiger charge is 2.31. The monoisotopic (exact) mass is 276 g/mol. The van der Waals surface area contributed by atoms with Gasteiger partial charge in [0.05, 0.1) is 11.7 Å². The maximum atomic E-state index is 6.01. The lowest BCUT2D eigenvalue weighted by molar-refractivity contribution is -0.0750. The molecule has 0 spiro atoms. The van der Waals surface area contributed by atoms with E-state index in [-0.39, 0.29) is 11.7 Å². The number of hydrogen-bond acceptors (Lipinski definition) is 3. The van der Waals surface area contributed by atoms with Crippen molar-refractivity contribution in [1.29, 1.82) is 0 Å². The highest BCUT2D eigenvalue weighted by atomic mass is 16.5. The first-order valence-electron chi connectivity index (χ1n) is 7.73. The van der Waals surface area contributed by atoms with Crippen LogP contribution >= 0.6 is 0 Å². The van der Waals surface area contributed by atoms with Gasteiger partial charge < -0.3 is 15.0 Å². The van der Waals surface area contributed by atoms with Crippen LogP contribution in [-0.4, -0.2) is 31.3 Å². The smallest absolute Gasteiger partial charge is 0.0805 e. The zero-order chi connectivity index (χ0) is 14.6. The highest BCUT2D eigenvalue weighted by molar-refractivity contribution is 5.54. The summed E-state index contributed by atoms with van der Waals surface area (Å²) in [6.45, 7) is 12.6. The van der Waals surface area contributed by atoms with Gasteiger partial charge in [-0.2, -0.15) is 0 Å². The van der Waals surface area contributed by atoms with Crippen LogP contribution in [0.2, 0.25) is 0 Å². The molecule has 3 heteroatoms. The predicted molar refractivity (Wildman–Crippen MR) is 85.3 cm³/mol. The zero-order valence-corrected chi connectivity index (χ0v) is 13.3. The van der Waals surface area contributed by atoms with E-state index in [9.17, 15) is 0 Å². The van der Waals surface area contributed by atoms with Gasteiger partial charge in [-0.15, -0.1) is 0 Å². The molecule has 1 atom stereocenters. The third kappa shape index (κ3) is 3.97. The third-order valence-corrected chi connectivity index (χ3v) is 3.64. The van der Waals surface area contributed by atoms with Gasteiger partial charge in [0.25, 0.3) is 0 Å². The molecule has 2 rings (SSSR count). The summed E-state index contributed by atoms with van der Waals surface area (Å²) in [6, 6.07) is 8.72. The molecule has 1 saturated heterocycles. The van der Waals surface area contributed by atoms with E-state index in [4.69, 9.17) is 4.74 Å². The maximum absolute atomic E-state index is 6.01. The SMILES string of the molecule is CCCNCc1ccccc1N1CC(C)OC(C)(C)C1. The summed E-state index contributed by atoms with van der Waals surface area (Å²) in [5.74, 6) is 0. The van der Waals surface area contributed by atoms with E-state index in [1.54, 1.807) is 0 Å². The van der Waals surface area contributed by atoms with Crippen LogP contribution in [0.4, 0.5) is 5.69 Å². The Morgan fingerprint density at radius 3 is 2.80 bits per heavy atom. The molecule has 0 radical (unpaired) electrons. The predicted octanol–water partition coefficient (Wildman–Crippen LogP) is 3.19. The van der Waals surface area contributed by atoms with E-state index in [2.05, 4.69) is 62.2 Å². The molecule has 1 heterocycles. The summed E-state index contributed by atoms with van der Waals surface area (Å²) in [5, 5.41) is 3.50. The quantitative estimate of drug-likeness (QED) is 0.836.